The lowest BCUT2D eigenvalue weighted by Gasteiger charge is -2.41. The quantitative estimate of drug-likeness (QED) is 0.687. The summed E-state index contributed by atoms with van der Waals surface area (Å²) in [5.41, 5.74) is 9.69. The molecule has 7 heteroatoms. The Balaban J connectivity index is 1.85. The highest BCUT2D eigenvalue weighted by Gasteiger charge is 2.47. The molecule has 1 aliphatic heterocycles. The molecule has 32 heavy (non-hydrogen) atoms. The second-order valence-electron chi connectivity index (χ2n) is 9.38. The summed E-state index contributed by atoms with van der Waals surface area (Å²) in [5.74, 6) is -0.483. The summed E-state index contributed by atoms with van der Waals surface area (Å²) < 4.78 is 0. The topological polar surface area (TPSA) is 97.4 Å². The second kappa shape index (κ2) is 7.82. The predicted molar refractivity (Wildman–Crippen MR) is 125 cm³/mol. The van der Waals surface area contributed by atoms with Crippen molar-refractivity contribution in [1.82, 2.24) is 19.9 Å². The van der Waals surface area contributed by atoms with Gasteiger partial charge < -0.3 is 5.73 Å². The highest BCUT2D eigenvalue weighted by Crippen LogP contribution is 2.44. The molecular weight excluding hydrogens is 400 g/mol. The van der Waals surface area contributed by atoms with Crippen LogP contribution in [0, 0.1) is 0 Å². The molecule has 1 aliphatic rings. The van der Waals surface area contributed by atoms with Gasteiger partial charge in [-0.3, -0.25) is 14.7 Å². The molecule has 1 aromatic carbocycles. The summed E-state index contributed by atoms with van der Waals surface area (Å²) in [4.78, 5) is 32.6. The number of benzene rings is 1. The van der Waals surface area contributed by atoms with Crippen LogP contribution in [0.25, 0.3) is 11.1 Å². The van der Waals surface area contributed by atoms with E-state index in [1.54, 1.807) is 25.6 Å². The van der Waals surface area contributed by atoms with Gasteiger partial charge >= 0.3 is 0 Å². The highest BCUT2D eigenvalue weighted by atomic mass is 16.2. The number of amides is 1. The SMILES string of the molecule is CN1C(=O)[C@H](c2ccc(C(C)(C)C)nc2)[C@@](C)(c2cccc(-c3cncnc3)c2)N=C1N. The standard InChI is InChI=1S/C25H28N6O/c1-24(2,3)20-10-9-17(14-29-20)21-22(32)31(5)23(26)30-25(21,4)19-8-6-7-16(11-19)18-12-27-15-28-13-18/h6-15,21H,1-5H3,(H2,26,30)/t21-,25+/m0/s1. The fourth-order valence-corrected chi connectivity index (χ4v) is 4.10. The van der Waals surface area contributed by atoms with Gasteiger partial charge in [0.1, 0.15) is 11.9 Å². The molecule has 4 rings (SSSR count). The highest BCUT2D eigenvalue weighted by molar-refractivity contribution is 6.02. The molecule has 0 saturated heterocycles. The van der Waals surface area contributed by atoms with Gasteiger partial charge in [-0.1, -0.05) is 45.0 Å². The van der Waals surface area contributed by atoms with Crippen molar-refractivity contribution in [3.05, 3.63) is 78.1 Å². The van der Waals surface area contributed by atoms with Crippen LogP contribution in [0.2, 0.25) is 0 Å². The zero-order chi connectivity index (χ0) is 23.1. The molecule has 7 nitrogen and oxygen atoms in total. The monoisotopic (exact) mass is 428 g/mol. The number of guanidine groups is 1. The molecule has 0 aliphatic carbocycles. The molecule has 0 unspecified atom stereocenters. The lowest BCUT2D eigenvalue weighted by molar-refractivity contribution is -0.130. The van der Waals surface area contributed by atoms with Crippen molar-refractivity contribution in [2.75, 3.05) is 7.05 Å². The zero-order valence-corrected chi connectivity index (χ0v) is 19.1. The third kappa shape index (κ3) is 3.75. The number of aliphatic imine (C=N–C) groups is 1. The van der Waals surface area contributed by atoms with Crippen LogP contribution in [0.1, 0.15) is 50.4 Å². The average Bonchev–Trinajstić information content (AvgIpc) is 2.78. The number of carbonyl (C=O) groups is 1. The Hall–Kier alpha value is -3.61. The van der Waals surface area contributed by atoms with Crippen LogP contribution in [-0.2, 0) is 15.7 Å². The number of pyridine rings is 1. The van der Waals surface area contributed by atoms with E-state index >= 15 is 0 Å². The molecule has 1 amide bonds. The van der Waals surface area contributed by atoms with Crippen LogP contribution >= 0.6 is 0 Å². The van der Waals surface area contributed by atoms with E-state index in [0.29, 0.717) is 0 Å². The smallest absolute Gasteiger partial charge is 0.239 e. The maximum atomic E-state index is 13.5. The van der Waals surface area contributed by atoms with Crippen molar-refractivity contribution in [1.29, 1.82) is 0 Å². The molecule has 164 valence electrons. The number of nitrogens with zero attached hydrogens (tertiary/aromatic N) is 5. The van der Waals surface area contributed by atoms with Gasteiger partial charge in [0.05, 0.1) is 5.92 Å². The third-order valence-electron chi connectivity index (χ3n) is 6.06. The van der Waals surface area contributed by atoms with Crippen LogP contribution in [0.5, 0.6) is 0 Å². The Morgan fingerprint density at radius 2 is 1.75 bits per heavy atom. The molecule has 0 saturated carbocycles. The van der Waals surface area contributed by atoms with E-state index in [0.717, 1.165) is 27.9 Å². The molecule has 2 atom stereocenters. The van der Waals surface area contributed by atoms with Crippen molar-refractivity contribution >= 4 is 11.9 Å². The summed E-state index contributed by atoms with van der Waals surface area (Å²) in [6.45, 7) is 8.29. The maximum Gasteiger partial charge on any atom is 0.239 e. The van der Waals surface area contributed by atoms with Crippen molar-refractivity contribution in [2.24, 2.45) is 10.7 Å². The van der Waals surface area contributed by atoms with E-state index in [1.807, 2.05) is 43.3 Å². The van der Waals surface area contributed by atoms with E-state index in [9.17, 15) is 4.79 Å². The molecule has 3 aromatic rings. The normalized spacial score (nSPS) is 21.4. The van der Waals surface area contributed by atoms with Gasteiger partial charge in [-0.05, 0) is 35.7 Å². The second-order valence-corrected chi connectivity index (χ2v) is 9.38. The zero-order valence-electron chi connectivity index (χ0n) is 19.1. The van der Waals surface area contributed by atoms with Gasteiger partial charge in [0.15, 0.2) is 5.96 Å². The van der Waals surface area contributed by atoms with E-state index < -0.39 is 11.5 Å². The van der Waals surface area contributed by atoms with Crippen molar-refractivity contribution < 1.29 is 4.79 Å². The molecule has 0 spiro atoms. The number of aromatic nitrogens is 3. The number of carbonyl (C=O) groups excluding carboxylic acids is 1. The molecular formula is C25H28N6O. The third-order valence-corrected chi connectivity index (χ3v) is 6.06. The first-order valence-electron chi connectivity index (χ1n) is 10.6. The minimum Gasteiger partial charge on any atom is -0.369 e. The van der Waals surface area contributed by atoms with Gasteiger partial charge in [-0.15, -0.1) is 0 Å². The van der Waals surface area contributed by atoms with E-state index in [4.69, 9.17) is 10.7 Å². The molecule has 3 heterocycles. The van der Waals surface area contributed by atoms with Crippen LogP contribution in [0.3, 0.4) is 0 Å². The summed E-state index contributed by atoms with van der Waals surface area (Å²) in [6, 6.07) is 11.9. The summed E-state index contributed by atoms with van der Waals surface area (Å²) >= 11 is 0. The van der Waals surface area contributed by atoms with Crippen LogP contribution in [-0.4, -0.2) is 38.8 Å². The molecule has 0 radical (unpaired) electrons. The van der Waals surface area contributed by atoms with Crippen LogP contribution < -0.4 is 5.73 Å². The fourth-order valence-electron chi connectivity index (χ4n) is 4.10. The van der Waals surface area contributed by atoms with Crippen molar-refractivity contribution in [2.45, 2.75) is 44.6 Å². The first kappa shape index (κ1) is 21.6. The number of hydrogen-bond acceptors (Lipinski definition) is 6. The Labute approximate surface area is 188 Å². The lowest BCUT2D eigenvalue weighted by Crippen LogP contribution is -2.52. The van der Waals surface area contributed by atoms with Gasteiger partial charge in [0.25, 0.3) is 0 Å². The van der Waals surface area contributed by atoms with E-state index in [2.05, 4.69) is 35.7 Å². The van der Waals surface area contributed by atoms with Crippen molar-refractivity contribution in [3.8, 4) is 11.1 Å². The Bertz CT molecular complexity index is 1170. The maximum absolute atomic E-state index is 13.5. The number of rotatable bonds is 3. The summed E-state index contributed by atoms with van der Waals surface area (Å²) in [7, 11) is 1.66. The van der Waals surface area contributed by atoms with Gasteiger partial charge in [-0.2, -0.15) is 0 Å². The number of nitrogens with two attached hydrogens (primary N) is 1. The van der Waals surface area contributed by atoms with E-state index in [-0.39, 0.29) is 17.3 Å². The largest absolute Gasteiger partial charge is 0.369 e. The van der Waals surface area contributed by atoms with E-state index in [1.165, 1.54) is 11.2 Å². The first-order chi connectivity index (χ1) is 15.1. The first-order valence-corrected chi connectivity index (χ1v) is 10.6. The fraction of sp³-hybridized carbons (Fsp3) is 0.320. The summed E-state index contributed by atoms with van der Waals surface area (Å²) in [5, 5.41) is 0. The predicted octanol–water partition coefficient (Wildman–Crippen LogP) is 3.62. The Morgan fingerprint density at radius 1 is 1.03 bits per heavy atom. The number of hydrogen-bond donors (Lipinski definition) is 1. The van der Waals surface area contributed by atoms with Crippen molar-refractivity contribution in [3.63, 3.8) is 0 Å². The molecule has 0 fully saturated rings. The minimum atomic E-state index is -0.899. The van der Waals surface area contributed by atoms with Gasteiger partial charge in [-0.25, -0.2) is 15.0 Å². The van der Waals surface area contributed by atoms with Crippen LogP contribution in [0.4, 0.5) is 0 Å². The lowest BCUT2D eigenvalue weighted by atomic mass is 9.74. The minimum absolute atomic E-state index is 0.0795. The number of likely N-dealkylation sites (N-methyl/N-ethyl adjacent to an activating group) is 1. The van der Waals surface area contributed by atoms with Crippen LogP contribution in [0.15, 0.2) is 66.3 Å². The molecule has 0 bridgehead atoms. The van der Waals surface area contributed by atoms with Gasteiger partial charge in [0.2, 0.25) is 5.91 Å². The Kier molecular flexibility index (Phi) is 5.28. The summed E-state index contributed by atoms with van der Waals surface area (Å²) in [6.07, 6.45) is 6.82. The molecule has 2 aromatic heterocycles. The average molecular weight is 429 g/mol. The van der Waals surface area contributed by atoms with Gasteiger partial charge in [0, 0.05) is 42.3 Å². The Morgan fingerprint density at radius 3 is 2.38 bits per heavy atom. The molecule has 2 N–H and O–H groups in total.